The van der Waals surface area contributed by atoms with E-state index in [-0.39, 0.29) is 11.9 Å². The molecule has 2 heterocycles. The van der Waals surface area contributed by atoms with Gasteiger partial charge in [0, 0.05) is 13.7 Å². The fourth-order valence-corrected chi connectivity index (χ4v) is 4.83. The van der Waals surface area contributed by atoms with Crippen molar-refractivity contribution in [2.75, 3.05) is 20.3 Å². The van der Waals surface area contributed by atoms with Gasteiger partial charge in [-0.25, -0.2) is 4.79 Å². The van der Waals surface area contributed by atoms with Crippen molar-refractivity contribution in [2.24, 2.45) is 4.99 Å². The zero-order chi connectivity index (χ0) is 19.4. The van der Waals surface area contributed by atoms with Crippen LogP contribution >= 0.6 is 38.6 Å². The molecule has 1 aromatic carbocycles. The Bertz CT molecular complexity index is 1050. The average Bonchev–Trinajstić information content (AvgIpc) is 3.23. The van der Waals surface area contributed by atoms with Crippen LogP contribution in [0.1, 0.15) is 27.0 Å². The SMILES string of the molecule is CCOC(=O)c1ccc2c(c1)sc(=NC(=O)c1ccc(Br)s1)n2CCOC. The first-order valence-corrected chi connectivity index (χ1v) is 10.6. The normalized spacial score (nSPS) is 11.9. The molecule has 0 aliphatic heterocycles. The van der Waals surface area contributed by atoms with Gasteiger partial charge in [-0.15, -0.1) is 11.3 Å². The van der Waals surface area contributed by atoms with E-state index in [1.165, 1.54) is 22.7 Å². The van der Waals surface area contributed by atoms with E-state index >= 15 is 0 Å². The van der Waals surface area contributed by atoms with Gasteiger partial charge in [-0.2, -0.15) is 4.99 Å². The molecule has 3 aromatic rings. The second-order valence-corrected chi connectivity index (χ2v) is 8.92. The predicted molar refractivity (Wildman–Crippen MR) is 110 cm³/mol. The number of aromatic nitrogens is 1. The number of methoxy groups -OCH3 is 1. The second kappa shape index (κ2) is 8.92. The monoisotopic (exact) mass is 468 g/mol. The molecule has 3 rings (SSSR count). The molecule has 1 amide bonds. The molecule has 0 saturated carbocycles. The summed E-state index contributed by atoms with van der Waals surface area (Å²) in [6, 6.07) is 8.90. The van der Waals surface area contributed by atoms with Gasteiger partial charge in [0.2, 0.25) is 0 Å². The maximum atomic E-state index is 12.5. The van der Waals surface area contributed by atoms with Crippen molar-refractivity contribution in [1.29, 1.82) is 0 Å². The number of benzene rings is 1. The second-order valence-electron chi connectivity index (χ2n) is 5.45. The lowest BCUT2D eigenvalue weighted by atomic mass is 10.2. The molecule has 9 heteroatoms. The minimum absolute atomic E-state index is 0.297. The Morgan fingerprint density at radius 2 is 2.04 bits per heavy atom. The number of nitrogens with zero attached hydrogens (tertiary/aromatic N) is 2. The summed E-state index contributed by atoms with van der Waals surface area (Å²) in [4.78, 5) is 29.9. The van der Waals surface area contributed by atoms with E-state index in [0.29, 0.717) is 35.0 Å². The van der Waals surface area contributed by atoms with Gasteiger partial charge in [0.15, 0.2) is 4.80 Å². The van der Waals surface area contributed by atoms with Crippen molar-refractivity contribution in [3.63, 3.8) is 0 Å². The number of hydrogen-bond donors (Lipinski definition) is 0. The Labute approximate surface area is 172 Å². The summed E-state index contributed by atoms with van der Waals surface area (Å²) in [6.45, 7) is 3.12. The molecule has 0 spiro atoms. The first-order chi connectivity index (χ1) is 13.0. The van der Waals surface area contributed by atoms with Gasteiger partial charge in [-0.3, -0.25) is 4.79 Å². The molecule has 0 aliphatic rings. The number of esters is 1. The highest BCUT2D eigenvalue weighted by atomic mass is 79.9. The van der Waals surface area contributed by atoms with E-state index in [4.69, 9.17) is 9.47 Å². The van der Waals surface area contributed by atoms with Crippen molar-refractivity contribution in [3.05, 3.63) is 49.4 Å². The third-order valence-corrected chi connectivity index (χ3v) is 6.35. The van der Waals surface area contributed by atoms with Gasteiger partial charge in [0.05, 0.1) is 37.7 Å². The van der Waals surface area contributed by atoms with E-state index in [0.717, 1.165) is 14.0 Å². The first-order valence-electron chi connectivity index (χ1n) is 8.17. The number of hydrogen-bond acceptors (Lipinski definition) is 6. The molecule has 142 valence electrons. The van der Waals surface area contributed by atoms with Crippen LogP contribution in [-0.2, 0) is 16.0 Å². The summed E-state index contributed by atoms with van der Waals surface area (Å²) < 4.78 is 13.9. The third kappa shape index (κ3) is 4.55. The molecule has 0 atom stereocenters. The minimum atomic E-state index is -0.366. The maximum absolute atomic E-state index is 12.5. The molecular weight excluding hydrogens is 452 g/mol. The molecule has 0 bridgehead atoms. The van der Waals surface area contributed by atoms with E-state index in [2.05, 4.69) is 20.9 Å². The Morgan fingerprint density at radius 3 is 2.70 bits per heavy atom. The standard InChI is InChI=1S/C18H17BrN2O4S2/c1-3-25-17(23)11-4-5-12-14(10-11)27-18(21(12)8-9-24-2)20-16(22)13-6-7-15(19)26-13/h4-7,10H,3,8-9H2,1-2H3. The highest BCUT2D eigenvalue weighted by Crippen LogP contribution is 2.23. The molecule has 0 saturated heterocycles. The van der Waals surface area contributed by atoms with Crippen molar-refractivity contribution < 1.29 is 19.1 Å². The summed E-state index contributed by atoms with van der Waals surface area (Å²) in [6.07, 6.45) is 0. The number of halogens is 1. The van der Waals surface area contributed by atoms with Crippen LogP contribution in [0.2, 0.25) is 0 Å². The number of ether oxygens (including phenoxy) is 2. The summed E-state index contributed by atoms with van der Waals surface area (Å²) in [5, 5.41) is 0. The Hall–Kier alpha value is -1.81. The first kappa shape index (κ1) is 19.9. The minimum Gasteiger partial charge on any atom is -0.462 e. The van der Waals surface area contributed by atoms with Gasteiger partial charge in [-0.1, -0.05) is 11.3 Å². The fraction of sp³-hybridized carbons (Fsp3) is 0.278. The zero-order valence-corrected chi connectivity index (χ0v) is 17.9. The highest BCUT2D eigenvalue weighted by molar-refractivity contribution is 9.11. The third-order valence-electron chi connectivity index (χ3n) is 3.69. The molecule has 6 nitrogen and oxygen atoms in total. The summed E-state index contributed by atoms with van der Waals surface area (Å²) in [5.41, 5.74) is 1.37. The van der Waals surface area contributed by atoms with Crippen LogP contribution in [-0.4, -0.2) is 36.8 Å². The Morgan fingerprint density at radius 1 is 1.22 bits per heavy atom. The average molecular weight is 469 g/mol. The molecule has 0 N–H and O–H groups in total. The van der Waals surface area contributed by atoms with Gasteiger partial charge in [0.25, 0.3) is 5.91 Å². The van der Waals surface area contributed by atoms with Gasteiger partial charge >= 0.3 is 5.97 Å². The molecule has 0 unspecified atom stereocenters. The lowest BCUT2D eigenvalue weighted by Gasteiger charge is -2.05. The van der Waals surface area contributed by atoms with Crippen LogP contribution in [0.3, 0.4) is 0 Å². The van der Waals surface area contributed by atoms with Crippen molar-refractivity contribution in [2.45, 2.75) is 13.5 Å². The van der Waals surface area contributed by atoms with Crippen molar-refractivity contribution >= 4 is 60.7 Å². The number of rotatable bonds is 6. The topological polar surface area (TPSA) is 69.9 Å². The zero-order valence-electron chi connectivity index (χ0n) is 14.7. The molecule has 2 aromatic heterocycles. The van der Waals surface area contributed by atoms with Crippen molar-refractivity contribution in [3.8, 4) is 0 Å². The Balaban J connectivity index is 2.08. The summed E-state index contributed by atoms with van der Waals surface area (Å²) >= 11 is 6.06. The van der Waals surface area contributed by atoms with Crippen LogP contribution in [0, 0.1) is 0 Å². The van der Waals surface area contributed by atoms with Crippen LogP contribution < -0.4 is 4.80 Å². The molecule has 0 radical (unpaired) electrons. The van der Waals surface area contributed by atoms with Crippen LogP contribution in [0.5, 0.6) is 0 Å². The molecule has 27 heavy (non-hydrogen) atoms. The quantitative estimate of drug-likeness (QED) is 0.510. The van der Waals surface area contributed by atoms with Gasteiger partial charge in [0.1, 0.15) is 0 Å². The number of carbonyl (C=O) groups is 2. The smallest absolute Gasteiger partial charge is 0.338 e. The lowest BCUT2D eigenvalue weighted by Crippen LogP contribution is -2.19. The van der Waals surface area contributed by atoms with Crippen LogP contribution in [0.4, 0.5) is 0 Å². The molecule has 0 aliphatic carbocycles. The van der Waals surface area contributed by atoms with Crippen molar-refractivity contribution in [1.82, 2.24) is 4.57 Å². The number of carbonyl (C=O) groups excluding carboxylic acids is 2. The molecular formula is C18H17BrN2O4S2. The van der Waals surface area contributed by atoms with E-state index < -0.39 is 0 Å². The van der Waals surface area contributed by atoms with Gasteiger partial charge < -0.3 is 14.0 Å². The predicted octanol–water partition coefficient (Wildman–Crippen LogP) is 4.09. The highest BCUT2D eigenvalue weighted by Gasteiger charge is 2.13. The maximum Gasteiger partial charge on any atom is 0.338 e. The molecule has 0 fully saturated rings. The van der Waals surface area contributed by atoms with E-state index in [9.17, 15) is 9.59 Å². The summed E-state index contributed by atoms with van der Waals surface area (Å²) in [5.74, 6) is -0.664. The van der Waals surface area contributed by atoms with Crippen LogP contribution in [0.15, 0.2) is 39.1 Å². The Kier molecular flexibility index (Phi) is 6.59. The summed E-state index contributed by atoms with van der Waals surface area (Å²) in [7, 11) is 1.62. The lowest BCUT2D eigenvalue weighted by molar-refractivity contribution is 0.0526. The largest absolute Gasteiger partial charge is 0.462 e. The number of thiophene rings is 1. The van der Waals surface area contributed by atoms with Gasteiger partial charge in [-0.05, 0) is 53.2 Å². The van der Waals surface area contributed by atoms with Crippen LogP contribution in [0.25, 0.3) is 10.2 Å². The number of fused-ring (bicyclic) bond motifs is 1. The number of thiazole rings is 1. The van der Waals surface area contributed by atoms with E-state index in [1.54, 1.807) is 32.2 Å². The number of amides is 1. The fourth-order valence-electron chi connectivity index (χ4n) is 2.47. The van der Waals surface area contributed by atoms with E-state index in [1.807, 2.05) is 16.7 Å².